The van der Waals surface area contributed by atoms with Crippen molar-refractivity contribution in [2.75, 3.05) is 0 Å². The van der Waals surface area contributed by atoms with E-state index in [0.717, 1.165) is 12.1 Å². The summed E-state index contributed by atoms with van der Waals surface area (Å²) in [5.41, 5.74) is -1.51. The molecule has 20 heavy (non-hydrogen) atoms. The van der Waals surface area contributed by atoms with Crippen molar-refractivity contribution in [3.8, 4) is 5.75 Å². The molecule has 0 saturated carbocycles. The third-order valence-electron chi connectivity index (χ3n) is 3.38. The van der Waals surface area contributed by atoms with Crippen LogP contribution in [0.15, 0.2) is 18.2 Å². The average Bonchev–Trinajstić information content (AvgIpc) is 2.65. The average molecular weight is 280 g/mol. The summed E-state index contributed by atoms with van der Waals surface area (Å²) in [5.74, 6) is -2.55. The van der Waals surface area contributed by atoms with Crippen LogP contribution in [0, 0.1) is 5.82 Å². The normalized spacial score (nSPS) is 27.6. The second kappa shape index (κ2) is 3.92. The van der Waals surface area contributed by atoms with E-state index >= 15 is 0 Å². The van der Waals surface area contributed by atoms with E-state index in [1.807, 2.05) is 5.32 Å². The summed E-state index contributed by atoms with van der Waals surface area (Å²) in [6.45, 7) is 0. The number of nitrogens with one attached hydrogen (secondary N) is 2. The number of benzene rings is 1. The van der Waals surface area contributed by atoms with E-state index in [2.05, 4.69) is 5.32 Å². The van der Waals surface area contributed by atoms with Gasteiger partial charge < -0.3 is 15.2 Å². The molecule has 1 aromatic rings. The summed E-state index contributed by atoms with van der Waals surface area (Å²) in [7, 11) is 0. The van der Waals surface area contributed by atoms with Gasteiger partial charge in [0.2, 0.25) is 0 Å². The maximum atomic E-state index is 13.4. The van der Waals surface area contributed by atoms with Crippen molar-refractivity contribution in [1.29, 1.82) is 0 Å². The van der Waals surface area contributed by atoms with Gasteiger partial charge in [-0.1, -0.05) is 0 Å². The van der Waals surface area contributed by atoms with Crippen molar-refractivity contribution in [3.63, 3.8) is 0 Å². The highest BCUT2D eigenvalue weighted by molar-refractivity contribution is 6.08. The van der Waals surface area contributed by atoms with E-state index < -0.39 is 35.4 Å². The third kappa shape index (κ3) is 1.61. The molecule has 3 N–H and O–H groups in total. The summed E-state index contributed by atoms with van der Waals surface area (Å²) >= 11 is 0. The Kier molecular flexibility index (Phi) is 2.43. The number of ether oxygens (including phenoxy) is 1. The second-order valence-electron chi connectivity index (χ2n) is 4.60. The van der Waals surface area contributed by atoms with Gasteiger partial charge >= 0.3 is 12.0 Å². The largest absolute Gasteiger partial charge is 0.479 e. The maximum absolute atomic E-state index is 13.4. The van der Waals surface area contributed by atoms with Crippen molar-refractivity contribution in [1.82, 2.24) is 10.6 Å². The summed E-state index contributed by atoms with van der Waals surface area (Å²) in [6, 6.07) is 2.62. The van der Waals surface area contributed by atoms with Crippen molar-refractivity contribution < 1.29 is 28.6 Å². The molecule has 0 radical (unpaired) electrons. The molecule has 1 aromatic carbocycles. The van der Waals surface area contributed by atoms with Gasteiger partial charge in [0.1, 0.15) is 11.6 Å². The SMILES string of the molecule is O=C1NC(=O)[C@]2(C[C@H](C(=O)O)Oc3ccc(F)cc32)N1. The van der Waals surface area contributed by atoms with Crippen LogP contribution in [0.3, 0.4) is 0 Å². The number of carbonyl (C=O) groups is 3. The summed E-state index contributed by atoms with van der Waals surface area (Å²) < 4.78 is 18.6. The Hall–Kier alpha value is -2.64. The minimum Gasteiger partial charge on any atom is -0.479 e. The molecule has 2 atom stereocenters. The van der Waals surface area contributed by atoms with Gasteiger partial charge in [-0.3, -0.25) is 10.1 Å². The van der Waals surface area contributed by atoms with Crippen LogP contribution in [0.5, 0.6) is 5.75 Å². The predicted molar refractivity (Wildman–Crippen MR) is 61.4 cm³/mol. The number of imide groups is 1. The number of amides is 3. The van der Waals surface area contributed by atoms with Gasteiger partial charge in [-0.15, -0.1) is 0 Å². The molecule has 0 unspecified atom stereocenters. The van der Waals surface area contributed by atoms with E-state index in [4.69, 9.17) is 9.84 Å². The van der Waals surface area contributed by atoms with E-state index in [1.165, 1.54) is 6.07 Å². The Balaban J connectivity index is 2.18. The molecule has 0 bridgehead atoms. The van der Waals surface area contributed by atoms with Crippen LogP contribution < -0.4 is 15.4 Å². The number of carbonyl (C=O) groups excluding carboxylic acids is 2. The zero-order valence-corrected chi connectivity index (χ0v) is 9.97. The second-order valence-corrected chi connectivity index (χ2v) is 4.60. The summed E-state index contributed by atoms with van der Waals surface area (Å²) in [6.07, 6.45) is -1.62. The van der Waals surface area contributed by atoms with Gasteiger partial charge in [0.25, 0.3) is 5.91 Å². The first-order valence-corrected chi connectivity index (χ1v) is 5.75. The van der Waals surface area contributed by atoms with E-state index in [1.54, 1.807) is 0 Å². The molecule has 8 heteroatoms. The molecule has 3 rings (SSSR count). The van der Waals surface area contributed by atoms with Gasteiger partial charge in [-0.05, 0) is 18.2 Å². The van der Waals surface area contributed by atoms with Crippen molar-refractivity contribution >= 4 is 17.9 Å². The molecule has 2 aliphatic heterocycles. The molecule has 1 saturated heterocycles. The van der Waals surface area contributed by atoms with Crippen LogP contribution in [0.2, 0.25) is 0 Å². The van der Waals surface area contributed by atoms with Gasteiger partial charge in [-0.2, -0.15) is 0 Å². The van der Waals surface area contributed by atoms with E-state index in [-0.39, 0.29) is 17.7 Å². The first-order chi connectivity index (χ1) is 9.42. The smallest absolute Gasteiger partial charge is 0.345 e. The Morgan fingerprint density at radius 2 is 2.20 bits per heavy atom. The lowest BCUT2D eigenvalue weighted by molar-refractivity contribution is -0.147. The highest BCUT2D eigenvalue weighted by Gasteiger charge is 2.54. The standard InChI is InChI=1S/C12H9FN2O5/c13-5-1-2-7-6(3-5)12(4-8(20-7)9(16)17)10(18)14-11(19)15-12/h1-3,8H,4H2,(H,16,17)(H2,14,15,18,19)/t8-,12-/m1/s1. The lowest BCUT2D eigenvalue weighted by atomic mass is 9.82. The molecule has 104 valence electrons. The van der Waals surface area contributed by atoms with Crippen molar-refractivity contribution in [2.24, 2.45) is 0 Å². The minimum absolute atomic E-state index is 0.0578. The van der Waals surface area contributed by atoms with Gasteiger partial charge in [0, 0.05) is 12.0 Å². The molecule has 3 amide bonds. The zero-order valence-electron chi connectivity index (χ0n) is 9.97. The number of hydrogen-bond donors (Lipinski definition) is 3. The molecule has 2 heterocycles. The molecule has 1 spiro atoms. The fourth-order valence-corrected chi connectivity index (χ4v) is 2.48. The number of hydrogen-bond acceptors (Lipinski definition) is 4. The maximum Gasteiger partial charge on any atom is 0.345 e. The van der Waals surface area contributed by atoms with E-state index in [0.29, 0.717) is 0 Å². The third-order valence-corrected chi connectivity index (χ3v) is 3.38. The molecular formula is C12H9FN2O5. The van der Waals surface area contributed by atoms with Crippen molar-refractivity contribution in [3.05, 3.63) is 29.6 Å². The number of aliphatic carboxylic acids is 1. The van der Waals surface area contributed by atoms with Crippen LogP contribution >= 0.6 is 0 Å². The van der Waals surface area contributed by atoms with Gasteiger partial charge in [0.05, 0.1) is 0 Å². The lowest BCUT2D eigenvalue weighted by Crippen LogP contribution is -2.52. The van der Waals surface area contributed by atoms with Crippen LogP contribution in [-0.2, 0) is 15.1 Å². The molecule has 2 aliphatic rings. The number of carboxylic acids is 1. The molecule has 0 aliphatic carbocycles. The fraction of sp³-hybridized carbons (Fsp3) is 0.250. The molecular weight excluding hydrogens is 271 g/mol. The first kappa shape index (κ1) is 12.4. The highest BCUT2D eigenvalue weighted by Crippen LogP contribution is 2.41. The molecule has 7 nitrogen and oxygen atoms in total. The Morgan fingerprint density at radius 1 is 1.45 bits per heavy atom. The van der Waals surface area contributed by atoms with Crippen LogP contribution in [0.1, 0.15) is 12.0 Å². The molecule has 1 fully saturated rings. The number of carboxylic acid groups (broad SMARTS) is 1. The zero-order chi connectivity index (χ0) is 14.5. The Labute approximate surface area is 111 Å². The van der Waals surface area contributed by atoms with Gasteiger partial charge in [0.15, 0.2) is 11.6 Å². The number of halogens is 1. The van der Waals surface area contributed by atoms with Crippen LogP contribution in [0.25, 0.3) is 0 Å². The first-order valence-electron chi connectivity index (χ1n) is 5.75. The topological polar surface area (TPSA) is 105 Å². The van der Waals surface area contributed by atoms with Crippen molar-refractivity contribution in [2.45, 2.75) is 18.1 Å². The van der Waals surface area contributed by atoms with Gasteiger partial charge in [-0.25, -0.2) is 14.0 Å². The number of urea groups is 1. The van der Waals surface area contributed by atoms with Crippen LogP contribution in [-0.4, -0.2) is 29.1 Å². The summed E-state index contributed by atoms with van der Waals surface area (Å²) in [5, 5.41) is 13.5. The number of rotatable bonds is 1. The predicted octanol–water partition coefficient (Wildman–Crippen LogP) is 0.0961. The summed E-state index contributed by atoms with van der Waals surface area (Å²) in [4.78, 5) is 34.5. The lowest BCUT2D eigenvalue weighted by Gasteiger charge is -2.35. The minimum atomic E-state index is -1.62. The number of fused-ring (bicyclic) bond motifs is 2. The van der Waals surface area contributed by atoms with Crippen LogP contribution in [0.4, 0.5) is 9.18 Å². The Morgan fingerprint density at radius 3 is 2.80 bits per heavy atom. The monoisotopic (exact) mass is 280 g/mol. The quantitative estimate of drug-likeness (QED) is 0.633. The molecule has 0 aromatic heterocycles. The van der Waals surface area contributed by atoms with E-state index in [9.17, 15) is 18.8 Å². The Bertz CT molecular complexity index is 647. The fourth-order valence-electron chi connectivity index (χ4n) is 2.48. The highest BCUT2D eigenvalue weighted by atomic mass is 19.1.